The first-order chi connectivity index (χ1) is 39.9. The number of ether oxygens (including phenoxy) is 1. The Morgan fingerprint density at radius 2 is 1.62 bits per heavy atom. The van der Waals surface area contributed by atoms with Gasteiger partial charge in [-0.15, -0.1) is 0 Å². The first kappa shape index (κ1) is 66.4. The SMILES string of the molecule is CC[C@H](C)[C@@H]1NC(=O)CCNC(=O)[C@@H]2Cc3c([nH]c4c(CSCCNC(=O)C5CCC(CNC(C)=O)CC5)c(OC)ccc34)[S+]([O-])C[C@H](NC(=O)CNC1=O)C(=O)N[C@@H](CC(N)=O)C(=O)N1C[C@H](O)C[C@H]1C(=O)N[C@@H]([C@@H](C)[C@@H](O)CO)C(=O)N2. The lowest BCUT2D eigenvalue weighted by Gasteiger charge is -2.32. The topological polar surface area (TPSA) is 434 Å². The number of aliphatic hydroxyl groups is 3. The van der Waals surface area contributed by atoms with Crippen LogP contribution in [0.2, 0.25) is 0 Å². The van der Waals surface area contributed by atoms with Gasteiger partial charge < -0.3 is 88.1 Å². The van der Waals surface area contributed by atoms with Crippen molar-refractivity contribution in [2.45, 2.75) is 145 Å². The predicted octanol–water partition coefficient (Wildman–Crippen LogP) is -3.94. The smallest absolute Gasteiger partial charge is 0.248 e. The molecular weight excluding hydrogens is 1140 g/mol. The standard InChI is InChI=1S/C54H80N12O16S2/c1-6-26(2)44-51(78)59-21-43(73)60-37-25-84(81)53-33(32-11-12-40(82-5)34(46(32)65-53)24-83-16-15-57-47(74)30-9-7-29(8-10-30)20-58-28(4)68)18-35(48(75)56-14-13-42(72)63-44)61-52(79)45(27(3)39(70)23-67)64-50(77)38-17-31(69)22-66(38)54(80)36(19-41(55)71)62-49(37)76/h11-12,26-27,29-31,35-39,44-45,65,67,69-70H,6-10,13-25H2,1-5H3,(H2,55,71)(H,56,75)(H,57,74)(H,58,68)(H,59,78)(H,60,73)(H,61,79)(H,62,76)(H,63,72)(H,64,77)/t26-,27-,29?,30?,31+,35-,36-,37-,38-,39-,44-,45-,84?/m0/s1. The van der Waals surface area contributed by atoms with E-state index in [-0.39, 0.29) is 40.6 Å². The number of hydrogen-bond acceptors (Lipinski definition) is 17. The van der Waals surface area contributed by atoms with Gasteiger partial charge in [0.05, 0.1) is 44.4 Å². The molecule has 1 saturated carbocycles. The molecule has 11 atom stereocenters. The highest BCUT2D eigenvalue weighted by Crippen LogP contribution is 2.37. The van der Waals surface area contributed by atoms with E-state index in [1.165, 1.54) is 32.7 Å². The first-order valence-corrected chi connectivity index (χ1v) is 30.7. The van der Waals surface area contributed by atoms with Crippen molar-refractivity contribution in [2.75, 3.05) is 57.9 Å². The van der Waals surface area contributed by atoms with Crippen molar-refractivity contribution in [3.8, 4) is 5.75 Å². The molecule has 1 aromatic heterocycles. The molecule has 1 aromatic carbocycles. The van der Waals surface area contributed by atoms with Crippen LogP contribution in [0.15, 0.2) is 17.2 Å². The number of nitrogens with two attached hydrogens (primary N) is 1. The lowest BCUT2D eigenvalue weighted by molar-refractivity contribution is -0.144. The molecule has 28 nitrogen and oxygen atoms in total. The quantitative estimate of drug-likeness (QED) is 0.0564. The van der Waals surface area contributed by atoms with E-state index in [4.69, 9.17) is 10.5 Å². The molecule has 2 fully saturated rings. The summed E-state index contributed by atoms with van der Waals surface area (Å²) in [5.41, 5.74) is 6.58. The zero-order valence-electron chi connectivity index (χ0n) is 47.8. The van der Waals surface area contributed by atoms with E-state index < -0.39 is 176 Å². The van der Waals surface area contributed by atoms with Gasteiger partial charge in [0, 0.05) is 103 Å². The average Bonchev–Trinajstić information content (AvgIpc) is 2.06. The number of methoxy groups -OCH3 is 1. The molecule has 0 spiro atoms. The summed E-state index contributed by atoms with van der Waals surface area (Å²) < 4.78 is 21.2. The molecule has 11 amide bonds. The molecule has 2 bridgehead atoms. The normalized spacial score (nSPS) is 27.4. The lowest BCUT2D eigenvalue weighted by atomic mass is 9.81. The summed E-state index contributed by atoms with van der Waals surface area (Å²) in [6.07, 6.45) is -1.86. The number of aromatic nitrogens is 1. The monoisotopic (exact) mass is 1220 g/mol. The summed E-state index contributed by atoms with van der Waals surface area (Å²) in [5.74, 6) is -10.6. The fourth-order valence-electron chi connectivity index (χ4n) is 10.8. The number of fused-ring (bicyclic) bond motifs is 5. The molecule has 4 heterocycles. The summed E-state index contributed by atoms with van der Waals surface area (Å²) in [6.45, 7) is 4.53. The highest BCUT2D eigenvalue weighted by molar-refractivity contribution is 7.98. The van der Waals surface area contributed by atoms with Crippen molar-refractivity contribution >= 4 is 98.8 Å². The van der Waals surface area contributed by atoms with Gasteiger partial charge in [-0.2, -0.15) is 11.8 Å². The van der Waals surface area contributed by atoms with Crippen molar-refractivity contribution in [2.24, 2.45) is 29.4 Å². The van der Waals surface area contributed by atoms with Gasteiger partial charge in [0.1, 0.15) is 41.7 Å². The highest BCUT2D eigenvalue weighted by Gasteiger charge is 2.45. The number of carbonyl (C=O) groups excluding carboxylic acids is 11. The number of nitrogens with one attached hydrogen (secondary N) is 10. The third-order valence-corrected chi connectivity index (χ3v) is 18.3. The minimum Gasteiger partial charge on any atom is -0.610 e. The molecule has 464 valence electrons. The van der Waals surface area contributed by atoms with Gasteiger partial charge in [-0.3, -0.25) is 52.7 Å². The Morgan fingerprint density at radius 3 is 2.29 bits per heavy atom. The van der Waals surface area contributed by atoms with Crippen LogP contribution in [0.1, 0.15) is 90.2 Å². The maximum Gasteiger partial charge on any atom is 0.248 e. The van der Waals surface area contributed by atoms with Gasteiger partial charge in [0.25, 0.3) is 0 Å². The fourth-order valence-corrected chi connectivity index (χ4v) is 13.1. The van der Waals surface area contributed by atoms with E-state index in [1.807, 2.05) is 0 Å². The molecule has 4 aliphatic rings. The number of benzene rings is 1. The number of aromatic amines is 1. The van der Waals surface area contributed by atoms with Gasteiger partial charge in [-0.25, -0.2) is 0 Å². The number of thioether (sulfide) groups is 1. The number of nitrogens with zero attached hydrogens (tertiary/aromatic N) is 1. The molecule has 84 heavy (non-hydrogen) atoms. The van der Waals surface area contributed by atoms with Crippen LogP contribution in [0.3, 0.4) is 0 Å². The minimum atomic E-state index is -2.44. The van der Waals surface area contributed by atoms with E-state index >= 15 is 4.55 Å². The predicted molar refractivity (Wildman–Crippen MR) is 305 cm³/mol. The van der Waals surface area contributed by atoms with Crippen LogP contribution in [0.25, 0.3) is 10.9 Å². The number of carbonyl (C=O) groups is 11. The van der Waals surface area contributed by atoms with E-state index in [1.54, 1.807) is 26.0 Å². The molecule has 3 aliphatic heterocycles. The molecule has 15 N–H and O–H groups in total. The van der Waals surface area contributed by atoms with Crippen molar-refractivity contribution in [1.82, 2.24) is 57.7 Å². The summed E-state index contributed by atoms with van der Waals surface area (Å²) in [7, 11) is 1.43. The molecule has 1 unspecified atom stereocenters. The van der Waals surface area contributed by atoms with Crippen LogP contribution >= 0.6 is 11.8 Å². The number of primary amides is 1. The van der Waals surface area contributed by atoms with Gasteiger partial charge in [-0.05, 0) is 49.7 Å². The van der Waals surface area contributed by atoms with Crippen LogP contribution in [0.5, 0.6) is 5.75 Å². The van der Waals surface area contributed by atoms with E-state index in [0.29, 0.717) is 66.2 Å². The van der Waals surface area contributed by atoms with E-state index in [2.05, 4.69) is 52.8 Å². The van der Waals surface area contributed by atoms with Crippen LogP contribution in [0.4, 0.5) is 0 Å². The zero-order valence-corrected chi connectivity index (χ0v) is 49.4. The molecule has 2 aromatic rings. The van der Waals surface area contributed by atoms with E-state index in [9.17, 15) is 68.1 Å². The van der Waals surface area contributed by atoms with Crippen molar-refractivity contribution in [3.05, 3.63) is 23.3 Å². The number of amides is 11. The molecular formula is C54H80N12O16S2. The van der Waals surface area contributed by atoms with Crippen molar-refractivity contribution in [1.29, 1.82) is 0 Å². The Labute approximate surface area is 493 Å². The van der Waals surface area contributed by atoms with Gasteiger partial charge in [-0.1, -0.05) is 27.2 Å². The molecule has 30 heteroatoms. The van der Waals surface area contributed by atoms with Crippen LogP contribution in [-0.4, -0.2) is 201 Å². The second-order valence-corrected chi connectivity index (χ2v) is 24.4. The molecule has 0 radical (unpaired) electrons. The Bertz CT molecular complexity index is 2760. The van der Waals surface area contributed by atoms with Crippen LogP contribution < -0.4 is 58.3 Å². The Balaban J connectivity index is 1.46. The Hall–Kier alpha value is -6.73. The van der Waals surface area contributed by atoms with E-state index in [0.717, 1.165) is 17.7 Å². The minimum absolute atomic E-state index is 0.0784. The zero-order chi connectivity index (χ0) is 61.5. The maximum atomic E-state index is 15.3. The highest BCUT2D eigenvalue weighted by atomic mass is 32.2. The van der Waals surface area contributed by atoms with Crippen LogP contribution in [0, 0.1) is 23.7 Å². The second-order valence-electron chi connectivity index (χ2n) is 21.9. The Morgan fingerprint density at radius 1 is 0.893 bits per heavy atom. The number of H-pyrrole nitrogens is 1. The summed E-state index contributed by atoms with van der Waals surface area (Å²) >= 11 is -1.02. The number of aliphatic hydroxyl groups excluding tert-OH is 3. The number of hydrogen-bond donors (Lipinski definition) is 14. The average molecular weight is 1220 g/mol. The van der Waals surface area contributed by atoms with Gasteiger partial charge >= 0.3 is 0 Å². The first-order valence-electron chi connectivity index (χ1n) is 28.2. The Kier molecular flexibility index (Phi) is 24.4. The molecule has 1 aliphatic carbocycles. The summed E-state index contributed by atoms with van der Waals surface area (Å²) in [5, 5.41) is 55.8. The van der Waals surface area contributed by atoms with Crippen molar-refractivity contribution in [3.63, 3.8) is 0 Å². The third kappa shape index (κ3) is 17.4. The maximum absolute atomic E-state index is 15.3. The van der Waals surface area contributed by atoms with Gasteiger partial charge in [0.15, 0.2) is 6.04 Å². The molecule has 6 rings (SSSR count). The largest absolute Gasteiger partial charge is 0.610 e. The number of rotatable bonds is 16. The van der Waals surface area contributed by atoms with Gasteiger partial charge in [0.2, 0.25) is 70.0 Å². The third-order valence-electron chi connectivity index (χ3n) is 15.9. The fraction of sp³-hybridized carbons (Fsp3) is 0.648. The van der Waals surface area contributed by atoms with Crippen LogP contribution in [-0.2, 0) is 76.1 Å². The lowest BCUT2D eigenvalue weighted by Crippen LogP contribution is -2.61. The summed E-state index contributed by atoms with van der Waals surface area (Å²) in [4.78, 5) is 156. The second kappa shape index (κ2) is 30.9. The van der Waals surface area contributed by atoms with Crippen molar-refractivity contribution < 1.29 is 77.3 Å². The summed E-state index contributed by atoms with van der Waals surface area (Å²) in [6, 6.07) is -6.75. The molecule has 1 saturated heterocycles.